The lowest BCUT2D eigenvalue weighted by Crippen LogP contribution is -1.78. The molecule has 1 rings (SSSR count). The monoisotopic (exact) mass is 197 g/mol. The summed E-state index contributed by atoms with van der Waals surface area (Å²) < 4.78 is 0. The first-order valence-electron chi connectivity index (χ1n) is 3.73. The Morgan fingerprint density at radius 3 is 3.00 bits per heavy atom. The summed E-state index contributed by atoms with van der Waals surface area (Å²) in [7, 11) is 0. The molecule has 1 nitrogen and oxygen atoms in total. The molecule has 0 radical (unpaired) electrons. The summed E-state index contributed by atoms with van der Waals surface area (Å²) in [5, 5.41) is 1.07. The van der Waals surface area contributed by atoms with Gasteiger partial charge in [0.1, 0.15) is 0 Å². The van der Waals surface area contributed by atoms with E-state index < -0.39 is 0 Å². The van der Waals surface area contributed by atoms with Crippen molar-refractivity contribution in [3.05, 3.63) is 36.5 Å². The van der Waals surface area contributed by atoms with Crippen LogP contribution in [0.15, 0.2) is 41.6 Å². The van der Waals surface area contributed by atoms with E-state index in [0.717, 1.165) is 16.5 Å². The van der Waals surface area contributed by atoms with Crippen molar-refractivity contribution in [3.63, 3.8) is 0 Å². The van der Waals surface area contributed by atoms with Crippen LogP contribution in [0.1, 0.15) is 0 Å². The van der Waals surface area contributed by atoms with Gasteiger partial charge in [-0.2, -0.15) is 12.6 Å². The Hall–Kier alpha value is -0.410. The molecule has 1 aromatic heterocycles. The molecule has 0 aliphatic carbocycles. The van der Waals surface area contributed by atoms with Crippen LogP contribution in [0.25, 0.3) is 0 Å². The zero-order chi connectivity index (χ0) is 8.65. The number of nitrogens with zero attached hydrogens (tertiary/aromatic N) is 1. The van der Waals surface area contributed by atoms with E-state index in [2.05, 4.69) is 23.7 Å². The van der Waals surface area contributed by atoms with Crippen molar-refractivity contribution in [3.8, 4) is 0 Å². The Morgan fingerprint density at radius 1 is 1.42 bits per heavy atom. The second-order valence-electron chi connectivity index (χ2n) is 2.13. The Labute approximate surface area is 82.7 Å². The predicted octanol–water partition coefficient (Wildman–Crippen LogP) is 2.66. The molecule has 0 saturated heterocycles. The first-order chi connectivity index (χ1) is 5.93. The highest BCUT2D eigenvalue weighted by Gasteiger charge is 1.88. The topological polar surface area (TPSA) is 12.9 Å². The highest BCUT2D eigenvalue weighted by molar-refractivity contribution is 7.99. The number of hydrogen-bond donors (Lipinski definition) is 1. The highest BCUT2D eigenvalue weighted by Crippen LogP contribution is 2.13. The van der Waals surface area contributed by atoms with Crippen molar-refractivity contribution >= 4 is 24.4 Å². The van der Waals surface area contributed by atoms with Gasteiger partial charge in [-0.15, -0.1) is 11.8 Å². The molecule has 0 aliphatic heterocycles. The van der Waals surface area contributed by atoms with Crippen molar-refractivity contribution in [2.75, 3.05) is 11.5 Å². The molecule has 1 heterocycles. The summed E-state index contributed by atoms with van der Waals surface area (Å²) in [6, 6.07) is 5.94. The summed E-state index contributed by atoms with van der Waals surface area (Å²) >= 11 is 5.80. The molecule has 0 saturated carbocycles. The van der Waals surface area contributed by atoms with Crippen LogP contribution >= 0.6 is 24.4 Å². The zero-order valence-corrected chi connectivity index (χ0v) is 8.39. The molecule has 0 amide bonds. The second kappa shape index (κ2) is 6.14. The SMILES string of the molecule is SCC=CCSc1ccccn1. The standard InChI is InChI=1S/C9H11NS2/c11-7-3-4-8-12-9-5-1-2-6-10-9/h1-6,11H,7-8H2. The van der Waals surface area contributed by atoms with Gasteiger partial charge < -0.3 is 0 Å². The molecule has 0 bridgehead atoms. The van der Waals surface area contributed by atoms with E-state index in [1.807, 2.05) is 30.5 Å². The molecule has 0 spiro atoms. The lowest BCUT2D eigenvalue weighted by atomic mass is 10.5. The summed E-state index contributed by atoms with van der Waals surface area (Å²) in [4.78, 5) is 4.19. The largest absolute Gasteiger partial charge is 0.250 e. The fourth-order valence-electron chi connectivity index (χ4n) is 0.709. The van der Waals surface area contributed by atoms with Crippen LogP contribution < -0.4 is 0 Å². The summed E-state index contributed by atoms with van der Waals surface area (Å²) in [6.07, 6.45) is 5.95. The summed E-state index contributed by atoms with van der Waals surface area (Å²) in [5.41, 5.74) is 0. The van der Waals surface area contributed by atoms with Gasteiger partial charge in [0, 0.05) is 17.7 Å². The van der Waals surface area contributed by atoms with E-state index in [0.29, 0.717) is 0 Å². The van der Waals surface area contributed by atoms with E-state index in [9.17, 15) is 0 Å². The van der Waals surface area contributed by atoms with Crippen molar-refractivity contribution in [2.45, 2.75) is 5.03 Å². The molecule has 12 heavy (non-hydrogen) atoms. The smallest absolute Gasteiger partial charge is 0.0962 e. The van der Waals surface area contributed by atoms with Crippen LogP contribution in [0, 0.1) is 0 Å². The van der Waals surface area contributed by atoms with Gasteiger partial charge in [-0.3, -0.25) is 0 Å². The number of aromatic nitrogens is 1. The van der Waals surface area contributed by atoms with Crippen LogP contribution in [0.5, 0.6) is 0 Å². The third-order valence-corrected chi connectivity index (χ3v) is 2.34. The minimum absolute atomic E-state index is 0.808. The number of pyridine rings is 1. The second-order valence-corrected chi connectivity index (χ2v) is 3.54. The van der Waals surface area contributed by atoms with Crippen molar-refractivity contribution < 1.29 is 0 Å². The number of thioether (sulfide) groups is 1. The third kappa shape index (κ3) is 3.83. The van der Waals surface area contributed by atoms with Crippen molar-refractivity contribution in [1.82, 2.24) is 4.98 Å². The number of thiol groups is 1. The lowest BCUT2D eigenvalue weighted by Gasteiger charge is -1.94. The van der Waals surface area contributed by atoms with Crippen LogP contribution in [-0.4, -0.2) is 16.5 Å². The van der Waals surface area contributed by atoms with Gasteiger partial charge in [0.15, 0.2) is 0 Å². The summed E-state index contributed by atoms with van der Waals surface area (Å²) in [6.45, 7) is 0. The minimum Gasteiger partial charge on any atom is -0.250 e. The molecule has 0 fully saturated rings. The van der Waals surface area contributed by atoms with E-state index in [-0.39, 0.29) is 0 Å². The van der Waals surface area contributed by atoms with Crippen molar-refractivity contribution in [2.24, 2.45) is 0 Å². The van der Waals surface area contributed by atoms with E-state index in [4.69, 9.17) is 0 Å². The fraction of sp³-hybridized carbons (Fsp3) is 0.222. The van der Waals surface area contributed by atoms with Crippen LogP contribution in [0.2, 0.25) is 0 Å². The molecule has 0 aliphatic rings. The first kappa shape index (κ1) is 9.68. The molecule has 0 aromatic carbocycles. The first-order valence-corrected chi connectivity index (χ1v) is 5.35. The van der Waals surface area contributed by atoms with Gasteiger partial charge in [0.2, 0.25) is 0 Å². The van der Waals surface area contributed by atoms with E-state index in [1.54, 1.807) is 11.8 Å². The van der Waals surface area contributed by atoms with E-state index >= 15 is 0 Å². The molecule has 3 heteroatoms. The Bertz CT molecular complexity index is 234. The molecule has 0 atom stereocenters. The Kier molecular flexibility index (Phi) is 4.95. The maximum absolute atomic E-state index is 4.19. The fourth-order valence-corrected chi connectivity index (χ4v) is 1.57. The predicted molar refractivity (Wildman–Crippen MR) is 58.0 cm³/mol. The molecule has 1 aromatic rings. The normalized spacial score (nSPS) is 10.8. The summed E-state index contributed by atoms with van der Waals surface area (Å²) in [5.74, 6) is 1.78. The van der Waals surface area contributed by atoms with Crippen LogP contribution in [0.4, 0.5) is 0 Å². The average molecular weight is 197 g/mol. The Morgan fingerprint density at radius 2 is 2.33 bits per heavy atom. The van der Waals surface area contributed by atoms with Crippen molar-refractivity contribution in [1.29, 1.82) is 0 Å². The number of rotatable bonds is 4. The minimum atomic E-state index is 0.808. The highest BCUT2D eigenvalue weighted by atomic mass is 32.2. The molecule has 0 N–H and O–H groups in total. The maximum atomic E-state index is 4.19. The van der Waals surface area contributed by atoms with Gasteiger partial charge in [-0.1, -0.05) is 18.2 Å². The van der Waals surface area contributed by atoms with Gasteiger partial charge in [-0.05, 0) is 12.1 Å². The van der Waals surface area contributed by atoms with Gasteiger partial charge in [-0.25, -0.2) is 4.98 Å². The van der Waals surface area contributed by atoms with Crippen LogP contribution in [-0.2, 0) is 0 Å². The third-order valence-electron chi connectivity index (χ3n) is 1.24. The molecular formula is C9H11NS2. The van der Waals surface area contributed by atoms with Gasteiger partial charge >= 0.3 is 0 Å². The number of hydrogen-bond acceptors (Lipinski definition) is 3. The Balaban J connectivity index is 2.29. The maximum Gasteiger partial charge on any atom is 0.0962 e. The van der Waals surface area contributed by atoms with Gasteiger partial charge in [0.25, 0.3) is 0 Å². The molecular weight excluding hydrogens is 186 g/mol. The molecule has 0 unspecified atom stereocenters. The average Bonchev–Trinajstić information content (AvgIpc) is 2.14. The van der Waals surface area contributed by atoms with E-state index in [1.165, 1.54) is 0 Å². The van der Waals surface area contributed by atoms with Gasteiger partial charge in [0.05, 0.1) is 5.03 Å². The van der Waals surface area contributed by atoms with Crippen LogP contribution in [0.3, 0.4) is 0 Å². The lowest BCUT2D eigenvalue weighted by molar-refractivity contribution is 1.14. The molecule has 64 valence electrons. The quantitative estimate of drug-likeness (QED) is 0.453. The zero-order valence-electron chi connectivity index (χ0n) is 6.68.